The lowest BCUT2D eigenvalue weighted by atomic mass is 10.2. The molecule has 0 bridgehead atoms. The Morgan fingerprint density at radius 1 is 1.65 bits per heavy atom. The molecule has 1 aliphatic heterocycles. The van der Waals surface area contributed by atoms with E-state index in [0.717, 1.165) is 11.3 Å². The third kappa shape index (κ3) is 2.70. The Morgan fingerprint density at radius 2 is 2.35 bits per heavy atom. The van der Waals surface area contributed by atoms with Crippen LogP contribution in [0.25, 0.3) is 0 Å². The van der Waals surface area contributed by atoms with Crippen LogP contribution < -0.4 is 5.32 Å². The summed E-state index contributed by atoms with van der Waals surface area (Å²) in [6.45, 7) is 2.40. The molecule has 0 aliphatic carbocycles. The number of nitrogens with one attached hydrogen (secondary N) is 1. The summed E-state index contributed by atoms with van der Waals surface area (Å²) in [5.41, 5.74) is 1.77. The van der Waals surface area contributed by atoms with Crippen LogP contribution >= 0.6 is 11.6 Å². The molecule has 0 aromatic carbocycles. The minimum absolute atomic E-state index is 0.115. The monoisotopic (exact) mass is 275 g/mol. The Balaban J connectivity index is 2.02. The van der Waals surface area contributed by atoms with Gasteiger partial charge in [0.15, 0.2) is 9.84 Å². The van der Waals surface area contributed by atoms with E-state index in [1.807, 2.05) is 6.92 Å². The normalized spacial score (nSPS) is 22.2. The number of hydrogen-bond donors (Lipinski definition) is 1. The fourth-order valence-corrected chi connectivity index (χ4v) is 3.32. The molecule has 2 rings (SSSR count). The van der Waals surface area contributed by atoms with Crippen molar-refractivity contribution in [1.82, 2.24) is 15.1 Å². The van der Waals surface area contributed by atoms with Crippen molar-refractivity contribution in [2.75, 3.05) is 5.75 Å². The van der Waals surface area contributed by atoms with Crippen LogP contribution in [0.2, 0.25) is 5.15 Å². The number of aromatic nitrogens is 2. The van der Waals surface area contributed by atoms with E-state index in [9.17, 15) is 8.42 Å². The molecule has 0 saturated carbocycles. The summed E-state index contributed by atoms with van der Waals surface area (Å²) in [5, 5.41) is 9.17. The van der Waals surface area contributed by atoms with Gasteiger partial charge in [-0.2, -0.15) is 5.10 Å². The fourth-order valence-electron chi connectivity index (χ4n) is 1.81. The Bertz CT molecular complexity index is 562. The SMILES string of the molecule is Cc1nn(C)c(Cl)c1CNC1C=CS(=O)(=O)C1. The maximum atomic E-state index is 11.2. The highest BCUT2D eigenvalue weighted by molar-refractivity contribution is 7.94. The van der Waals surface area contributed by atoms with Crippen LogP contribution in [0.5, 0.6) is 0 Å². The van der Waals surface area contributed by atoms with Gasteiger partial charge in [-0.15, -0.1) is 0 Å². The van der Waals surface area contributed by atoms with Gasteiger partial charge in [-0.1, -0.05) is 17.7 Å². The maximum Gasteiger partial charge on any atom is 0.173 e. The molecule has 5 nitrogen and oxygen atoms in total. The highest BCUT2D eigenvalue weighted by Gasteiger charge is 2.22. The third-order valence-electron chi connectivity index (χ3n) is 2.74. The molecule has 0 amide bonds. The van der Waals surface area contributed by atoms with Crippen LogP contribution in [-0.2, 0) is 23.4 Å². The molecule has 0 fully saturated rings. The van der Waals surface area contributed by atoms with Crippen LogP contribution in [0.15, 0.2) is 11.5 Å². The third-order valence-corrected chi connectivity index (χ3v) is 4.61. The molecule has 1 N–H and O–H groups in total. The molecule has 17 heavy (non-hydrogen) atoms. The topological polar surface area (TPSA) is 64.0 Å². The molecule has 2 heterocycles. The number of hydrogen-bond acceptors (Lipinski definition) is 4. The highest BCUT2D eigenvalue weighted by atomic mass is 35.5. The number of rotatable bonds is 3. The molecule has 0 spiro atoms. The van der Waals surface area contributed by atoms with E-state index < -0.39 is 9.84 Å². The summed E-state index contributed by atoms with van der Waals surface area (Å²) < 4.78 is 24.0. The first-order valence-electron chi connectivity index (χ1n) is 5.21. The fraction of sp³-hybridized carbons (Fsp3) is 0.500. The smallest absolute Gasteiger partial charge is 0.173 e. The summed E-state index contributed by atoms with van der Waals surface area (Å²) >= 11 is 6.08. The zero-order chi connectivity index (χ0) is 12.6. The Hall–Kier alpha value is -0.850. The second-order valence-electron chi connectivity index (χ2n) is 4.12. The molecule has 94 valence electrons. The average Bonchev–Trinajstić information content (AvgIpc) is 2.68. The van der Waals surface area contributed by atoms with Gasteiger partial charge in [0.25, 0.3) is 0 Å². The van der Waals surface area contributed by atoms with Gasteiger partial charge in [-0.25, -0.2) is 8.42 Å². The summed E-state index contributed by atoms with van der Waals surface area (Å²) in [5.74, 6) is 0.115. The predicted molar refractivity (Wildman–Crippen MR) is 66.5 cm³/mol. The van der Waals surface area contributed by atoms with E-state index in [2.05, 4.69) is 10.4 Å². The molecule has 1 atom stereocenters. The van der Waals surface area contributed by atoms with Crippen molar-refractivity contribution in [2.45, 2.75) is 19.5 Å². The first-order chi connectivity index (χ1) is 7.89. The van der Waals surface area contributed by atoms with Crippen molar-refractivity contribution in [1.29, 1.82) is 0 Å². The van der Waals surface area contributed by atoms with Crippen molar-refractivity contribution < 1.29 is 8.42 Å². The first kappa shape index (κ1) is 12.6. The summed E-state index contributed by atoms with van der Waals surface area (Å²) in [7, 11) is -1.24. The highest BCUT2D eigenvalue weighted by Crippen LogP contribution is 2.19. The van der Waals surface area contributed by atoms with E-state index in [1.54, 1.807) is 17.8 Å². The Labute approximate surface area is 105 Å². The molecule has 0 radical (unpaired) electrons. The number of halogens is 1. The van der Waals surface area contributed by atoms with E-state index in [1.165, 1.54) is 5.41 Å². The first-order valence-corrected chi connectivity index (χ1v) is 7.31. The van der Waals surface area contributed by atoms with Crippen LogP contribution in [0.4, 0.5) is 0 Å². The lowest BCUT2D eigenvalue weighted by molar-refractivity contribution is 0.590. The Morgan fingerprint density at radius 3 is 2.82 bits per heavy atom. The summed E-state index contributed by atoms with van der Waals surface area (Å²) in [6.07, 6.45) is 1.66. The molecular formula is C10H14ClN3O2S. The number of sulfone groups is 1. The van der Waals surface area contributed by atoms with Crippen molar-refractivity contribution in [3.8, 4) is 0 Å². The second kappa shape index (κ2) is 4.44. The molecular weight excluding hydrogens is 262 g/mol. The van der Waals surface area contributed by atoms with E-state index in [4.69, 9.17) is 11.6 Å². The number of nitrogens with zero attached hydrogens (tertiary/aromatic N) is 2. The van der Waals surface area contributed by atoms with E-state index in [0.29, 0.717) is 11.7 Å². The van der Waals surface area contributed by atoms with Crippen LogP contribution in [0, 0.1) is 6.92 Å². The van der Waals surface area contributed by atoms with E-state index in [-0.39, 0.29) is 11.8 Å². The van der Waals surface area contributed by atoms with Crippen molar-refractivity contribution in [2.24, 2.45) is 7.05 Å². The van der Waals surface area contributed by atoms with Gasteiger partial charge >= 0.3 is 0 Å². The lowest BCUT2D eigenvalue weighted by Gasteiger charge is -2.09. The van der Waals surface area contributed by atoms with Gasteiger partial charge in [0.2, 0.25) is 0 Å². The number of aryl methyl sites for hydroxylation is 2. The van der Waals surface area contributed by atoms with Gasteiger partial charge in [-0.3, -0.25) is 4.68 Å². The lowest BCUT2D eigenvalue weighted by Crippen LogP contribution is -2.29. The minimum atomic E-state index is -3.01. The van der Waals surface area contributed by atoms with Gasteiger partial charge in [0, 0.05) is 30.6 Å². The van der Waals surface area contributed by atoms with Crippen molar-refractivity contribution >= 4 is 21.4 Å². The van der Waals surface area contributed by atoms with Gasteiger partial charge in [0.1, 0.15) is 5.15 Å². The zero-order valence-corrected chi connectivity index (χ0v) is 11.2. The quantitative estimate of drug-likeness (QED) is 0.886. The van der Waals surface area contributed by atoms with Gasteiger partial charge in [-0.05, 0) is 6.92 Å². The largest absolute Gasteiger partial charge is 0.305 e. The summed E-state index contributed by atoms with van der Waals surface area (Å²) in [6, 6.07) is -0.143. The maximum absolute atomic E-state index is 11.2. The minimum Gasteiger partial charge on any atom is -0.305 e. The Kier molecular flexibility index (Phi) is 3.29. The molecule has 1 aromatic heterocycles. The van der Waals surface area contributed by atoms with Crippen LogP contribution in [0.3, 0.4) is 0 Å². The predicted octanol–water partition coefficient (Wildman–Crippen LogP) is 0.782. The van der Waals surface area contributed by atoms with Crippen LogP contribution in [-0.4, -0.2) is 30.0 Å². The zero-order valence-electron chi connectivity index (χ0n) is 9.64. The van der Waals surface area contributed by atoms with E-state index >= 15 is 0 Å². The molecule has 7 heteroatoms. The van der Waals surface area contributed by atoms with Crippen molar-refractivity contribution in [3.63, 3.8) is 0 Å². The van der Waals surface area contributed by atoms with Gasteiger partial charge in [0.05, 0.1) is 11.4 Å². The molecule has 1 aromatic rings. The molecule has 0 saturated heterocycles. The van der Waals surface area contributed by atoms with Crippen molar-refractivity contribution in [3.05, 3.63) is 27.9 Å². The molecule has 1 unspecified atom stereocenters. The molecule has 1 aliphatic rings. The van der Waals surface area contributed by atoms with Gasteiger partial charge < -0.3 is 5.32 Å². The van der Waals surface area contributed by atoms with Crippen LogP contribution in [0.1, 0.15) is 11.3 Å². The standard InChI is InChI=1S/C10H14ClN3O2S/c1-7-9(10(11)14(2)13-7)5-12-8-3-4-17(15,16)6-8/h3-4,8,12H,5-6H2,1-2H3. The average molecular weight is 276 g/mol. The second-order valence-corrected chi connectivity index (χ2v) is 6.41. The summed E-state index contributed by atoms with van der Waals surface area (Å²) in [4.78, 5) is 0.